The van der Waals surface area contributed by atoms with Crippen molar-refractivity contribution in [2.75, 3.05) is 0 Å². The Kier molecular flexibility index (Phi) is 6.44. The summed E-state index contributed by atoms with van der Waals surface area (Å²) in [5.74, 6) is 1.61. The zero-order valence-corrected chi connectivity index (χ0v) is 13.0. The number of hydrogen-bond acceptors (Lipinski definition) is 3. The highest BCUT2D eigenvalue weighted by molar-refractivity contribution is 5.32. The summed E-state index contributed by atoms with van der Waals surface area (Å²) in [7, 11) is 0. The van der Waals surface area contributed by atoms with Crippen molar-refractivity contribution in [1.29, 1.82) is 0 Å². The van der Waals surface area contributed by atoms with Gasteiger partial charge in [-0.05, 0) is 49.1 Å². The minimum Gasteiger partial charge on any atom is -0.457 e. The van der Waals surface area contributed by atoms with Crippen LogP contribution in [0.2, 0.25) is 0 Å². The van der Waals surface area contributed by atoms with Gasteiger partial charge in [0.25, 0.3) is 0 Å². The zero-order valence-electron chi connectivity index (χ0n) is 13.0. The lowest BCUT2D eigenvalue weighted by atomic mass is 10.0. The van der Waals surface area contributed by atoms with E-state index in [1.54, 1.807) is 0 Å². The minimum absolute atomic E-state index is 0.569. The summed E-state index contributed by atoms with van der Waals surface area (Å²) in [6.45, 7) is 2.00. The molecule has 0 radical (unpaired) electrons. The summed E-state index contributed by atoms with van der Waals surface area (Å²) in [4.78, 5) is 0. The summed E-state index contributed by atoms with van der Waals surface area (Å²) in [5, 5.41) is 19.6. The Morgan fingerprint density at radius 1 is 0.818 bits per heavy atom. The molecule has 2 unspecified atom stereocenters. The van der Waals surface area contributed by atoms with Crippen LogP contribution in [0.3, 0.4) is 0 Å². The van der Waals surface area contributed by atoms with E-state index in [1.807, 2.05) is 61.5 Å². The molecule has 0 saturated carbocycles. The van der Waals surface area contributed by atoms with Crippen LogP contribution in [-0.2, 0) is 6.42 Å². The number of benzene rings is 2. The van der Waals surface area contributed by atoms with Gasteiger partial charge < -0.3 is 14.9 Å². The van der Waals surface area contributed by atoms with E-state index >= 15 is 0 Å². The Labute approximate surface area is 132 Å². The third kappa shape index (κ3) is 5.17. The average Bonchev–Trinajstić information content (AvgIpc) is 2.55. The lowest BCUT2D eigenvalue weighted by Crippen LogP contribution is -2.26. The number of aliphatic hydroxyl groups is 2. The van der Waals surface area contributed by atoms with Gasteiger partial charge in [0.15, 0.2) is 0 Å². The molecule has 0 bridgehead atoms. The molecule has 0 heterocycles. The van der Waals surface area contributed by atoms with E-state index in [9.17, 15) is 10.2 Å². The molecule has 118 valence electrons. The van der Waals surface area contributed by atoms with Gasteiger partial charge >= 0.3 is 0 Å². The van der Waals surface area contributed by atoms with E-state index in [0.717, 1.165) is 29.9 Å². The first-order valence-corrected chi connectivity index (χ1v) is 7.87. The molecule has 2 N–H and O–H groups in total. The van der Waals surface area contributed by atoms with Crippen molar-refractivity contribution in [2.45, 2.75) is 44.8 Å². The van der Waals surface area contributed by atoms with Crippen LogP contribution in [0.15, 0.2) is 54.6 Å². The molecule has 0 saturated heterocycles. The molecule has 2 aromatic rings. The second kappa shape index (κ2) is 8.57. The number of rotatable bonds is 8. The van der Waals surface area contributed by atoms with Crippen LogP contribution in [-0.4, -0.2) is 22.4 Å². The van der Waals surface area contributed by atoms with Crippen LogP contribution in [0.1, 0.15) is 31.7 Å². The normalized spacial score (nSPS) is 13.6. The van der Waals surface area contributed by atoms with Crippen molar-refractivity contribution in [1.82, 2.24) is 0 Å². The van der Waals surface area contributed by atoms with Crippen molar-refractivity contribution >= 4 is 0 Å². The smallest absolute Gasteiger partial charge is 0.127 e. The monoisotopic (exact) mass is 300 g/mol. The first-order chi connectivity index (χ1) is 10.7. The van der Waals surface area contributed by atoms with Crippen LogP contribution in [0.25, 0.3) is 0 Å². The molecule has 2 atom stereocenters. The van der Waals surface area contributed by atoms with Gasteiger partial charge in [0.1, 0.15) is 11.5 Å². The number of aliphatic hydroxyl groups excluding tert-OH is 2. The van der Waals surface area contributed by atoms with E-state index in [4.69, 9.17) is 4.74 Å². The molecule has 3 heteroatoms. The lowest BCUT2D eigenvalue weighted by Gasteiger charge is -2.17. The third-order valence-corrected chi connectivity index (χ3v) is 3.66. The first kappa shape index (κ1) is 16.5. The molecule has 0 fully saturated rings. The van der Waals surface area contributed by atoms with Gasteiger partial charge in [0.2, 0.25) is 0 Å². The molecule has 22 heavy (non-hydrogen) atoms. The van der Waals surface area contributed by atoms with E-state index in [1.165, 1.54) is 0 Å². The lowest BCUT2D eigenvalue weighted by molar-refractivity contribution is 0.00981. The van der Waals surface area contributed by atoms with Gasteiger partial charge in [-0.1, -0.05) is 43.7 Å². The van der Waals surface area contributed by atoms with Gasteiger partial charge in [-0.3, -0.25) is 0 Å². The third-order valence-electron chi connectivity index (χ3n) is 3.66. The number of para-hydroxylation sites is 1. The maximum atomic E-state index is 9.88. The van der Waals surface area contributed by atoms with Crippen LogP contribution in [0, 0.1) is 0 Å². The maximum absolute atomic E-state index is 9.88. The average molecular weight is 300 g/mol. The van der Waals surface area contributed by atoms with Gasteiger partial charge in [0.05, 0.1) is 12.2 Å². The highest BCUT2D eigenvalue weighted by atomic mass is 16.5. The summed E-state index contributed by atoms with van der Waals surface area (Å²) in [6, 6.07) is 17.5. The van der Waals surface area contributed by atoms with Crippen molar-refractivity contribution in [2.24, 2.45) is 0 Å². The number of hydrogen-bond donors (Lipinski definition) is 2. The fraction of sp³-hybridized carbons (Fsp3) is 0.368. The van der Waals surface area contributed by atoms with Gasteiger partial charge in [-0.25, -0.2) is 0 Å². The largest absolute Gasteiger partial charge is 0.457 e. The van der Waals surface area contributed by atoms with Crippen molar-refractivity contribution in [3.63, 3.8) is 0 Å². The highest BCUT2D eigenvalue weighted by Gasteiger charge is 2.14. The van der Waals surface area contributed by atoms with Gasteiger partial charge in [0, 0.05) is 0 Å². The standard InChI is InChI=1S/C19H24O3/c1-2-6-18(20)19(21)14-11-15-9-12-17(13-10-15)22-16-7-4-3-5-8-16/h3-5,7-10,12-13,18-21H,2,6,11,14H2,1H3. The van der Waals surface area contributed by atoms with Crippen LogP contribution < -0.4 is 4.74 Å². The van der Waals surface area contributed by atoms with Crippen LogP contribution in [0.4, 0.5) is 0 Å². The topological polar surface area (TPSA) is 49.7 Å². The van der Waals surface area contributed by atoms with Crippen molar-refractivity contribution in [3.05, 3.63) is 60.2 Å². The quantitative estimate of drug-likeness (QED) is 0.776. The second-order valence-electron chi connectivity index (χ2n) is 5.52. The molecule has 0 aliphatic heterocycles. The predicted molar refractivity (Wildman–Crippen MR) is 88.2 cm³/mol. The summed E-state index contributed by atoms with van der Waals surface area (Å²) in [6.07, 6.45) is 1.56. The molecule has 2 rings (SSSR count). The van der Waals surface area contributed by atoms with Gasteiger partial charge in [-0.15, -0.1) is 0 Å². The van der Waals surface area contributed by atoms with E-state index in [0.29, 0.717) is 12.8 Å². The van der Waals surface area contributed by atoms with Crippen molar-refractivity contribution in [3.8, 4) is 11.5 Å². The zero-order chi connectivity index (χ0) is 15.8. The summed E-state index contributed by atoms with van der Waals surface area (Å²) in [5.41, 5.74) is 1.13. The predicted octanol–water partition coefficient (Wildman–Crippen LogP) is 3.93. The highest BCUT2D eigenvalue weighted by Crippen LogP contribution is 2.21. The Morgan fingerprint density at radius 2 is 1.41 bits per heavy atom. The van der Waals surface area contributed by atoms with Crippen molar-refractivity contribution < 1.29 is 14.9 Å². The number of ether oxygens (including phenoxy) is 1. The molecule has 0 aliphatic carbocycles. The molecule has 0 spiro atoms. The van der Waals surface area contributed by atoms with E-state index in [-0.39, 0.29) is 0 Å². The van der Waals surface area contributed by atoms with Crippen LogP contribution in [0.5, 0.6) is 11.5 Å². The molecule has 0 aliphatic rings. The van der Waals surface area contributed by atoms with E-state index in [2.05, 4.69) is 0 Å². The molecule has 2 aromatic carbocycles. The van der Waals surface area contributed by atoms with Gasteiger partial charge in [-0.2, -0.15) is 0 Å². The first-order valence-electron chi connectivity index (χ1n) is 7.87. The molecule has 3 nitrogen and oxygen atoms in total. The summed E-state index contributed by atoms with van der Waals surface area (Å²) < 4.78 is 5.74. The Balaban J connectivity index is 1.84. The molecular formula is C19H24O3. The fourth-order valence-electron chi connectivity index (χ4n) is 2.34. The Bertz CT molecular complexity index is 536. The Hall–Kier alpha value is -1.84. The molecule has 0 aromatic heterocycles. The number of aryl methyl sites for hydroxylation is 1. The fourth-order valence-corrected chi connectivity index (χ4v) is 2.34. The maximum Gasteiger partial charge on any atom is 0.127 e. The second-order valence-corrected chi connectivity index (χ2v) is 5.52. The molecule has 0 amide bonds. The Morgan fingerprint density at radius 3 is 2.05 bits per heavy atom. The summed E-state index contributed by atoms with van der Waals surface area (Å²) >= 11 is 0. The molecular weight excluding hydrogens is 276 g/mol. The minimum atomic E-state index is -0.653. The SMILES string of the molecule is CCCC(O)C(O)CCc1ccc(Oc2ccccc2)cc1. The van der Waals surface area contributed by atoms with E-state index < -0.39 is 12.2 Å². The van der Waals surface area contributed by atoms with Crippen LogP contribution >= 0.6 is 0 Å².